The average Bonchev–Trinajstić information content (AvgIpc) is 3.82. The van der Waals surface area contributed by atoms with Crippen LogP contribution in [0.1, 0.15) is 48.7 Å². The van der Waals surface area contributed by atoms with Crippen molar-refractivity contribution >= 4 is 44.8 Å². The smallest absolute Gasteiger partial charge is 0.321 e. The van der Waals surface area contributed by atoms with Crippen LogP contribution in [0.25, 0.3) is 32.9 Å². The molecular weight excluding hydrogens is 722 g/mol. The van der Waals surface area contributed by atoms with Crippen LogP contribution >= 0.6 is 0 Å². The van der Waals surface area contributed by atoms with Gasteiger partial charge in [-0.3, -0.25) is 19.8 Å². The Balaban J connectivity index is 0.000000172. The second-order valence-corrected chi connectivity index (χ2v) is 13.3. The van der Waals surface area contributed by atoms with Gasteiger partial charge in [-0.15, -0.1) is 10.2 Å². The lowest BCUT2D eigenvalue weighted by molar-refractivity contribution is -0.137. The van der Waals surface area contributed by atoms with Gasteiger partial charge in [0.1, 0.15) is 0 Å². The van der Waals surface area contributed by atoms with Gasteiger partial charge in [-0.2, -0.15) is 32.7 Å². The Morgan fingerprint density at radius 3 is 1.57 bits per heavy atom. The minimum atomic E-state index is -4.52. The molecule has 0 aliphatic rings. The first-order chi connectivity index (χ1) is 26.9. The molecule has 56 heavy (non-hydrogen) atoms. The van der Waals surface area contributed by atoms with E-state index in [9.17, 15) is 22.8 Å². The van der Waals surface area contributed by atoms with E-state index in [4.69, 9.17) is 0 Å². The van der Waals surface area contributed by atoms with Gasteiger partial charge in [-0.1, -0.05) is 68.4 Å². The normalized spacial score (nSPS) is 12.0. The third-order valence-electron chi connectivity index (χ3n) is 9.25. The lowest BCUT2D eigenvalue weighted by atomic mass is 9.99. The van der Waals surface area contributed by atoms with Crippen molar-refractivity contribution in [3.8, 4) is 11.4 Å². The molecule has 284 valence electrons. The van der Waals surface area contributed by atoms with Crippen molar-refractivity contribution in [2.75, 3.05) is 10.6 Å². The topological polar surface area (TPSA) is 151 Å². The van der Waals surface area contributed by atoms with Crippen LogP contribution in [0, 0.1) is 13.8 Å². The van der Waals surface area contributed by atoms with Crippen molar-refractivity contribution in [1.29, 1.82) is 0 Å². The van der Waals surface area contributed by atoms with E-state index in [0.29, 0.717) is 45.3 Å². The van der Waals surface area contributed by atoms with Crippen molar-refractivity contribution in [3.63, 3.8) is 0 Å². The quantitative estimate of drug-likeness (QED) is 0.120. The maximum Gasteiger partial charge on any atom is 0.416 e. The minimum Gasteiger partial charge on any atom is -0.321 e. The Hall–Kier alpha value is -7.03. The summed E-state index contributed by atoms with van der Waals surface area (Å²) < 4.78 is 41.6. The standard InChI is InChI=1S/C22H23N5O.C19H14F3N5O/c1-4-14(2)16-9-11-17(12-10-16)27-22(28)19-8-6-5-7-18(19)21(26-27)23-20-13-15(3)24-25-20;1-11-9-16(25-24-11)23-17-14-7-2-3-8-15(14)18(28)27(26-17)13-6-4-5-12(10-13)19(20,21)22/h5-14H,4H2,1-3H3,(H2,23,24,25,26);2-10H,1H3,(H2,23,24,25,26). The van der Waals surface area contributed by atoms with Gasteiger partial charge in [-0.05, 0) is 74.2 Å². The number of aromatic nitrogens is 8. The molecule has 4 aromatic carbocycles. The molecule has 0 amide bonds. The number of aromatic amines is 2. The van der Waals surface area contributed by atoms with Crippen LogP contribution < -0.4 is 21.8 Å². The summed E-state index contributed by atoms with van der Waals surface area (Å²) >= 11 is 0. The third kappa shape index (κ3) is 7.78. The van der Waals surface area contributed by atoms with Gasteiger partial charge in [0.15, 0.2) is 23.3 Å². The number of alkyl halides is 3. The highest BCUT2D eigenvalue weighted by atomic mass is 19.4. The molecule has 8 rings (SSSR count). The summed E-state index contributed by atoms with van der Waals surface area (Å²) in [6.07, 6.45) is -3.45. The number of nitrogens with zero attached hydrogens (tertiary/aromatic N) is 6. The molecule has 0 aliphatic carbocycles. The van der Waals surface area contributed by atoms with Crippen molar-refractivity contribution in [2.45, 2.75) is 46.2 Å². The number of H-pyrrole nitrogens is 2. The molecule has 4 N–H and O–H groups in total. The molecule has 8 aromatic rings. The number of hydrogen-bond acceptors (Lipinski definition) is 8. The molecular formula is C41H37F3N10O2. The second-order valence-electron chi connectivity index (χ2n) is 13.3. The van der Waals surface area contributed by atoms with Crippen molar-refractivity contribution in [1.82, 2.24) is 40.0 Å². The van der Waals surface area contributed by atoms with Gasteiger partial charge in [-0.25, -0.2) is 0 Å². The number of fused-ring (bicyclic) bond motifs is 2. The van der Waals surface area contributed by atoms with Crippen LogP contribution in [0.5, 0.6) is 0 Å². The van der Waals surface area contributed by atoms with E-state index >= 15 is 0 Å². The fourth-order valence-corrected chi connectivity index (χ4v) is 6.11. The van der Waals surface area contributed by atoms with Crippen LogP contribution in [-0.2, 0) is 6.18 Å². The highest BCUT2D eigenvalue weighted by Crippen LogP contribution is 2.31. The van der Waals surface area contributed by atoms with Crippen LogP contribution in [0.3, 0.4) is 0 Å². The summed E-state index contributed by atoms with van der Waals surface area (Å²) in [5.41, 5.74) is 2.26. The Labute approximate surface area is 318 Å². The molecule has 1 atom stereocenters. The van der Waals surface area contributed by atoms with Gasteiger partial charge in [0, 0.05) is 34.3 Å². The van der Waals surface area contributed by atoms with E-state index in [1.165, 1.54) is 22.4 Å². The predicted molar refractivity (Wildman–Crippen MR) is 212 cm³/mol. The van der Waals surface area contributed by atoms with E-state index in [1.807, 2.05) is 56.3 Å². The number of aryl methyl sites for hydroxylation is 2. The van der Waals surface area contributed by atoms with Gasteiger partial charge >= 0.3 is 6.18 Å². The number of anilines is 4. The van der Waals surface area contributed by atoms with E-state index < -0.39 is 17.3 Å². The highest BCUT2D eigenvalue weighted by molar-refractivity contribution is 5.93. The first-order valence-electron chi connectivity index (χ1n) is 17.8. The van der Waals surface area contributed by atoms with Crippen molar-refractivity contribution in [3.05, 3.63) is 152 Å². The Morgan fingerprint density at radius 1 is 0.643 bits per heavy atom. The molecule has 0 fully saturated rings. The number of benzene rings is 4. The first kappa shape index (κ1) is 37.3. The zero-order chi connectivity index (χ0) is 39.6. The highest BCUT2D eigenvalue weighted by Gasteiger charge is 2.31. The molecule has 0 radical (unpaired) electrons. The van der Waals surface area contributed by atoms with Crippen LogP contribution in [-0.4, -0.2) is 40.0 Å². The minimum absolute atomic E-state index is 0.0202. The van der Waals surface area contributed by atoms with E-state index in [2.05, 4.69) is 67.2 Å². The van der Waals surface area contributed by atoms with Gasteiger partial charge in [0.25, 0.3) is 11.1 Å². The average molecular weight is 759 g/mol. The van der Waals surface area contributed by atoms with Crippen molar-refractivity contribution < 1.29 is 13.2 Å². The fourth-order valence-electron chi connectivity index (χ4n) is 6.11. The van der Waals surface area contributed by atoms with Gasteiger partial charge < -0.3 is 10.6 Å². The molecule has 0 bridgehead atoms. The van der Waals surface area contributed by atoms with Crippen molar-refractivity contribution in [2.24, 2.45) is 0 Å². The number of halogens is 3. The maximum atomic E-state index is 13.1. The zero-order valence-corrected chi connectivity index (χ0v) is 30.8. The number of rotatable bonds is 8. The molecule has 4 heterocycles. The summed E-state index contributed by atoms with van der Waals surface area (Å²) in [6.45, 7) is 8.13. The third-order valence-corrected chi connectivity index (χ3v) is 9.25. The van der Waals surface area contributed by atoms with Gasteiger partial charge in [0.05, 0.1) is 27.7 Å². The van der Waals surface area contributed by atoms with Crippen LogP contribution in [0.15, 0.2) is 119 Å². The molecule has 0 saturated carbocycles. The Morgan fingerprint density at radius 2 is 1.12 bits per heavy atom. The SMILES string of the molecule is CCC(C)c1ccc(-n2nc(Nc3cc(C)[nH]n3)c3ccccc3c2=O)cc1.Cc1cc(Nc2nn(-c3cccc(C(F)(F)F)c3)c(=O)c3ccccc23)n[nH]1. The first-order valence-corrected chi connectivity index (χ1v) is 17.8. The summed E-state index contributed by atoms with van der Waals surface area (Å²) in [4.78, 5) is 25.9. The predicted octanol–water partition coefficient (Wildman–Crippen LogP) is 8.85. The molecule has 0 spiro atoms. The summed E-state index contributed by atoms with van der Waals surface area (Å²) in [7, 11) is 0. The monoisotopic (exact) mass is 758 g/mol. The molecule has 12 nitrogen and oxygen atoms in total. The van der Waals surface area contributed by atoms with Crippen LogP contribution in [0.4, 0.5) is 36.4 Å². The Bertz CT molecular complexity index is 2790. The lowest BCUT2D eigenvalue weighted by Crippen LogP contribution is -2.23. The second kappa shape index (κ2) is 15.4. The molecule has 1 unspecified atom stereocenters. The van der Waals surface area contributed by atoms with E-state index in [1.54, 1.807) is 30.3 Å². The number of nitrogens with one attached hydrogen (secondary N) is 4. The molecule has 0 aliphatic heterocycles. The van der Waals surface area contributed by atoms with Crippen LogP contribution in [0.2, 0.25) is 0 Å². The molecule has 15 heteroatoms. The molecule has 0 saturated heterocycles. The lowest BCUT2D eigenvalue weighted by Gasteiger charge is -2.13. The van der Waals surface area contributed by atoms with Gasteiger partial charge in [0.2, 0.25) is 0 Å². The maximum absolute atomic E-state index is 13.1. The largest absolute Gasteiger partial charge is 0.416 e. The summed E-state index contributed by atoms with van der Waals surface area (Å²) in [5.74, 6) is 2.51. The van der Waals surface area contributed by atoms with E-state index in [-0.39, 0.29) is 11.2 Å². The Kier molecular flexibility index (Phi) is 10.2. The molecule has 4 aromatic heterocycles. The fraction of sp³-hybridized carbons (Fsp3) is 0.171. The zero-order valence-electron chi connectivity index (χ0n) is 30.8. The summed E-state index contributed by atoms with van der Waals surface area (Å²) in [5, 5.41) is 31.3. The summed E-state index contributed by atoms with van der Waals surface area (Å²) in [6, 6.07) is 30.4. The number of hydrogen-bond donors (Lipinski definition) is 4. The van der Waals surface area contributed by atoms with E-state index in [0.717, 1.165) is 45.7 Å².